The molecule has 0 heterocycles. The second-order valence-corrected chi connectivity index (χ2v) is 4.87. The van der Waals surface area contributed by atoms with Gasteiger partial charge >= 0.3 is 5.97 Å². The number of esters is 1. The fourth-order valence-corrected chi connectivity index (χ4v) is 2.77. The van der Waals surface area contributed by atoms with E-state index in [2.05, 4.69) is 6.92 Å². The van der Waals surface area contributed by atoms with Gasteiger partial charge in [0.05, 0.1) is 12.5 Å². The maximum Gasteiger partial charge on any atom is 0.316 e. The summed E-state index contributed by atoms with van der Waals surface area (Å²) in [6.07, 6.45) is 4.45. The second-order valence-electron chi connectivity index (χ2n) is 4.87. The summed E-state index contributed by atoms with van der Waals surface area (Å²) in [5, 5.41) is 0. The highest BCUT2D eigenvalue weighted by molar-refractivity contribution is 5.87. The van der Waals surface area contributed by atoms with E-state index < -0.39 is 0 Å². The number of ether oxygens (including phenoxy) is 1. The van der Waals surface area contributed by atoms with Crippen molar-refractivity contribution in [3.8, 4) is 0 Å². The van der Waals surface area contributed by atoms with Gasteiger partial charge in [-0.3, -0.25) is 4.79 Å². The van der Waals surface area contributed by atoms with Gasteiger partial charge in [-0.2, -0.15) is 0 Å². The molecular formula is C15H20O2. The number of carbonyl (C=O) groups is 1. The molecule has 0 radical (unpaired) electrons. The zero-order valence-electron chi connectivity index (χ0n) is 10.6. The number of rotatable bonds is 5. The van der Waals surface area contributed by atoms with Crippen molar-refractivity contribution in [1.82, 2.24) is 0 Å². The first-order chi connectivity index (χ1) is 8.25. The maximum atomic E-state index is 12.0. The molecule has 1 aromatic carbocycles. The van der Waals surface area contributed by atoms with E-state index in [1.807, 2.05) is 30.3 Å². The number of benzene rings is 1. The Morgan fingerprint density at radius 3 is 2.71 bits per heavy atom. The summed E-state index contributed by atoms with van der Waals surface area (Å²) in [6, 6.07) is 10.1. The molecule has 2 heteroatoms. The summed E-state index contributed by atoms with van der Waals surface area (Å²) in [5.74, 6) is 0.405. The SMILES string of the molecule is CCCC[C@H]1C[C@@]1(C(=O)OC)c1ccccc1. The molecule has 1 fully saturated rings. The molecule has 1 aliphatic carbocycles. The van der Waals surface area contributed by atoms with E-state index >= 15 is 0 Å². The van der Waals surface area contributed by atoms with Gasteiger partial charge in [0.2, 0.25) is 0 Å². The molecule has 0 amide bonds. The second kappa shape index (κ2) is 4.91. The van der Waals surface area contributed by atoms with Gasteiger partial charge in [-0.05, 0) is 24.3 Å². The van der Waals surface area contributed by atoms with Crippen molar-refractivity contribution in [3.63, 3.8) is 0 Å². The molecule has 0 unspecified atom stereocenters. The van der Waals surface area contributed by atoms with Crippen LogP contribution in [0.25, 0.3) is 0 Å². The van der Waals surface area contributed by atoms with Gasteiger partial charge in [0, 0.05) is 0 Å². The minimum atomic E-state index is -0.342. The van der Waals surface area contributed by atoms with Crippen LogP contribution in [-0.2, 0) is 14.9 Å². The highest BCUT2D eigenvalue weighted by atomic mass is 16.5. The number of hydrogen-bond donors (Lipinski definition) is 0. The summed E-state index contributed by atoms with van der Waals surface area (Å²) in [6.45, 7) is 2.19. The summed E-state index contributed by atoms with van der Waals surface area (Å²) >= 11 is 0. The maximum absolute atomic E-state index is 12.0. The largest absolute Gasteiger partial charge is 0.468 e. The van der Waals surface area contributed by atoms with Crippen LogP contribution in [0.4, 0.5) is 0 Å². The molecule has 0 aliphatic heterocycles. The molecular weight excluding hydrogens is 212 g/mol. The monoisotopic (exact) mass is 232 g/mol. The quantitative estimate of drug-likeness (QED) is 0.728. The molecule has 2 nitrogen and oxygen atoms in total. The first kappa shape index (κ1) is 12.2. The Bertz CT molecular complexity index is 385. The lowest BCUT2D eigenvalue weighted by Crippen LogP contribution is -2.24. The van der Waals surface area contributed by atoms with Crippen molar-refractivity contribution in [2.75, 3.05) is 7.11 Å². The van der Waals surface area contributed by atoms with E-state index in [1.165, 1.54) is 20.0 Å². The molecule has 17 heavy (non-hydrogen) atoms. The van der Waals surface area contributed by atoms with E-state index in [-0.39, 0.29) is 11.4 Å². The molecule has 2 rings (SSSR count). The Morgan fingerprint density at radius 1 is 1.41 bits per heavy atom. The topological polar surface area (TPSA) is 26.3 Å². The Balaban J connectivity index is 2.20. The fraction of sp³-hybridized carbons (Fsp3) is 0.533. The summed E-state index contributed by atoms with van der Waals surface area (Å²) in [4.78, 5) is 12.0. The molecule has 0 saturated heterocycles. The Kier molecular flexibility index (Phi) is 3.51. The van der Waals surface area contributed by atoms with Gasteiger partial charge in [-0.15, -0.1) is 0 Å². The minimum Gasteiger partial charge on any atom is -0.468 e. The van der Waals surface area contributed by atoms with Crippen molar-refractivity contribution in [2.45, 2.75) is 38.0 Å². The van der Waals surface area contributed by atoms with Crippen LogP contribution in [0.2, 0.25) is 0 Å². The number of hydrogen-bond acceptors (Lipinski definition) is 2. The van der Waals surface area contributed by atoms with Crippen LogP contribution in [0.5, 0.6) is 0 Å². The molecule has 0 aromatic heterocycles. The predicted molar refractivity (Wildman–Crippen MR) is 67.8 cm³/mol. The lowest BCUT2D eigenvalue weighted by Gasteiger charge is -2.15. The number of methoxy groups -OCH3 is 1. The van der Waals surface area contributed by atoms with Gasteiger partial charge in [0.15, 0.2) is 0 Å². The third kappa shape index (κ3) is 2.08. The van der Waals surface area contributed by atoms with Gasteiger partial charge in [-0.1, -0.05) is 50.1 Å². The average Bonchev–Trinajstić information content (AvgIpc) is 3.12. The summed E-state index contributed by atoms with van der Waals surface area (Å²) in [5.41, 5.74) is 0.776. The van der Waals surface area contributed by atoms with E-state index in [4.69, 9.17) is 4.74 Å². The molecule has 1 saturated carbocycles. The van der Waals surface area contributed by atoms with Gasteiger partial charge in [-0.25, -0.2) is 0 Å². The van der Waals surface area contributed by atoms with Gasteiger partial charge in [0.1, 0.15) is 0 Å². The van der Waals surface area contributed by atoms with Crippen molar-refractivity contribution < 1.29 is 9.53 Å². The Hall–Kier alpha value is -1.31. The molecule has 0 N–H and O–H groups in total. The minimum absolute atomic E-state index is 0.0650. The van der Waals surface area contributed by atoms with Crippen LogP contribution in [0.15, 0.2) is 30.3 Å². The van der Waals surface area contributed by atoms with Crippen molar-refractivity contribution in [2.24, 2.45) is 5.92 Å². The third-order valence-corrected chi connectivity index (χ3v) is 3.85. The Labute approximate surface area is 103 Å². The summed E-state index contributed by atoms with van der Waals surface area (Å²) < 4.78 is 5.00. The van der Waals surface area contributed by atoms with E-state index in [0.29, 0.717) is 5.92 Å². The van der Waals surface area contributed by atoms with Crippen LogP contribution in [0.3, 0.4) is 0 Å². The molecule has 0 spiro atoms. The van der Waals surface area contributed by atoms with Crippen LogP contribution in [0.1, 0.15) is 38.2 Å². The normalized spacial score (nSPS) is 26.6. The van der Waals surface area contributed by atoms with Crippen LogP contribution in [-0.4, -0.2) is 13.1 Å². The van der Waals surface area contributed by atoms with Crippen LogP contribution >= 0.6 is 0 Å². The molecule has 2 atom stereocenters. The fourth-order valence-electron chi connectivity index (χ4n) is 2.77. The van der Waals surface area contributed by atoms with Crippen molar-refractivity contribution >= 4 is 5.97 Å². The predicted octanol–water partition coefficient (Wildman–Crippen LogP) is 3.31. The third-order valence-electron chi connectivity index (χ3n) is 3.85. The lowest BCUT2D eigenvalue weighted by molar-refractivity contribution is -0.144. The zero-order valence-corrected chi connectivity index (χ0v) is 10.6. The Morgan fingerprint density at radius 2 is 2.12 bits per heavy atom. The first-order valence-electron chi connectivity index (χ1n) is 6.39. The van der Waals surface area contributed by atoms with E-state index in [0.717, 1.165) is 18.4 Å². The van der Waals surface area contributed by atoms with E-state index in [1.54, 1.807) is 0 Å². The molecule has 1 aliphatic rings. The molecule has 92 valence electrons. The molecule has 0 bridgehead atoms. The average molecular weight is 232 g/mol. The van der Waals surface area contributed by atoms with Crippen LogP contribution < -0.4 is 0 Å². The molecule has 1 aromatic rings. The smallest absolute Gasteiger partial charge is 0.316 e. The van der Waals surface area contributed by atoms with Crippen molar-refractivity contribution in [3.05, 3.63) is 35.9 Å². The van der Waals surface area contributed by atoms with Gasteiger partial charge in [0.25, 0.3) is 0 Å². The van der Waals surface area contributed by atoms with E-state index in [9.17, 15) is 4.79 Å². The standard InChI is InChI=1S/C15H20O2/c1-3-4-8-13-11-15(13,14(16)17-2)12-9-6-5-7-10-12/h5-7,9-10,13H,3-4,8,11H2,1-2H3/t13-,15+/m0/s1. The van der Waals surface area contributed by atoms with Gasteiger partial charge < -0.3 is 4.74 Å². The highest BCUT2D eigenvalue weighted by Gasteiger charge is 2.61. The van der Waals surface area contributed by atoms with Crippen LogP contribution in [0, 0.1) is 5.92 Å². The lowest BCUT2D eigenvalue weighted by atomic mass is 9.91. The first-order valence-corrected chi connectivity index (χ1v) is 6.39. The number of unbranched alkanes of at least 4 members (excludes halogenated alkanes) is 1. The number of carbonyl (C=O) groups excluding carboxylic acids is 1. The van der Waals surface area contributed by atoms with Crippen molar-refractivity contribution in [1.29, 1.82) is 0 Å². The summed E-state index contributed by atoms with van der Waals surface area (Å²) in [7, 11) is 1.49. The zero-order chi connectivity index (χ0) is 12.3. The highest BCUT2D eigenvalue weighted by Crippen LogP contribution is 2.57.